The Morgan fingerprint density at radius 1 is 0.259 bits per heavy atom. The van der Waals surface area contributed by atoms with E-state index in [-0.39, 0.29) is 0 Å². The fourth-order valence-corrected chi connectivity index (χ4v) is 8.78. The Morgan fingerprint density at radius 2 is 0.741 bits per heavy atom. The highest BCUT2D eigenvalue weighted by atomic mass is 32.1. The average molecular weight is 706 g/mol. The first-order chi connectivity index (χ1) is 26.7. The van der Waals surface area contributed by atoms with Gasteiger partial charge in [0.05, 0.1) is 0 Å². The van der Waals surface area contributed by atoms with Crippen LogP contribution in [0.4, 0.5) is 17.1 Å². The molecule has 0 aliphatic rings. The lowest BCUT2D eigenvalue weighted by Gasteiger charge is -2.26. The summed E-state index contributed by atoms with van der Waals surface area (Å²) in [5.41, 5.74) is 13.0. The van der Waals surface area contributed by atoms with Gasteiger partial charge in [-0.2, -0.15) is 0 Å². The second kappa shape index (κ2) is 13.7. The van der Waals surface area contributed by atoms with Crippen molar-refractivity contribution in [1.82, 2.24) is 0 Å². The highest BCUT2D eigenvalue weighted by molar-refractivity contribution is 7.25. The smallest absolute Gasteiger partial charge is 0.0467 e. The molecule has 0 aliphatic carbocycles. The van der Waals surface area contributed by atoms with Gasteiger partial charge >= 0.3 is 0 Å². The molecule has 1 aromatic heterocycles. The van der Waals surface area contributed by atoms with Crippen LogP contribution in [-0.4, -0.2) is 0 Å². The molecule has 0 spiro atoms. The van der Waals surface area contributed by atoms with Gasteiger partial charge in [0.2, 0.25) is 0 Å². The Balaban J connectivity index is 1.00. The lowest BCUT2D eigenvalue weighted by atomic mass is 9.99. The van der Waals surface area contributed by atoms with Gasteiger partial charge in [-0.3, -0.25) is 0 Å². The molecule has 0 aliphatic heterocycles. The fraction of sp³-hybridized carbons (Fsp3) is 0. The average Bonchev–Trinajstić information content (AvgIpc) is 3.61. The van der Waals surface area contributed by atoms with Gasteiger partial charge in [-0.25, -0.2) is 0 Å². The van der Waals surface area contributed by atoms with Gasteiger partial charge in [0.25, 0.3) is 0 Å². The van der Waals surface area contributed by atoms with Crippen molar-refractivity contribution in [2.24, 2.45) is 0 Å². The van der Waals surface area contributed by atoms with Crippen molar-refractivity contribution < 1.29 is 0 Å². The monoisotopic (exact) mass is 705 g/mol. The van der Waals surface area contributed by atoms with E-state index in [1.165, 1.54) is 75.5 Å². The summed E-state index contributed by atoms with van der Waals surface area (Å²) >= 11 is 1.87. The summed E-state index contributed by atoms with van der Waals surface area (Å²) < 4.78 is 2.67. The van der Waals surface area contributed by atoms with Crippen LogP contribution in [-0.2, 0) is 0 Å². The van der Waals surface area contributed by atoms with Gasteiger partial charge in [0.15, 0.2) is 0 Å². The number of hydrogen-bond donors (Lipinski definition) is 0. The molecule has 10 rings (SSSR count). The molecule has 1 heterocycles. The molecule has 0 amide bonds. The molecule has 54 heavy (non-hydrogen) atoms. The maximum Gasteiger partial charge on any atom is 0.0467 e. The predicted octanol–water partition coefficient (Wildman–Crippen LogP) is 15.3. The van der Waals surface area contributed by atoms with Crippen LogP contribution in [0.15, 0.2) is 212 Å². The summed E-state index contributed by atoms with van der Waals surface area (Å²) in [7, 11) is 0. The molecule has 0 unspecified atom stereocenters. The van der Waals surface area contributed by atoms with Gasteiger partial charge in [-0.1, -0.05) is 152 Å². The topological polar surface area (TPSA) is 3.24 Å². The van der Waals surface area contributed by atoms with E-state index in [1.807, 2.05) is 11.3 Å². The lowest BCUT2D eigenvalue weighted by molar-refractivity contribution is 1.28. The van der Waals surface area contributed by atoms with Crippen molar-refractivity contribution in [3.8, 4) is 44.5 Å². The van der Waals surface area contributed by atoms with Crippen molar-refractivity contribution in [3.63, 3.8) is 0 Å². The fourth-order valence-electron chi connectivity index (χ4n) is 7.64. The van der Waals surface area contributed by atoms with E-state index in [2.05, 4.69) is 217 Å². The van der Waals surface area contributed by atoms with Crippen LogP contribution in [0.1, 0.15) is 0 Å². The number of rotatable bonds is 7. The molecule has 0 radical (unpaired) electrons. The number of nitrogens with zero attached hydrogens (tertiary/aromatic N) is 1. The molecule has 0 atom stereocenters. The number of hydrogen-bond acceptors (Lipinski definition) is 2. The van der Waals surface area contributed by atoms with Crippen molar-refractivity contribution in [1.29, 1.82) is 0 Å². The van der Waals surface area contributed by atoms with Crippen LogP contribution in [0.25, 0.3) is 75.5 Å². The highest BCUT2D eigenvalue weighted by Gasteiger charge is 2.15. The van der Waals surface area contributed by atoms with E-state index in [0.29, 0.717) is 0 Å². The van der Waals surface area contributed by atoms with E-state index in [9.17, 15) is 0 Å². The van der Waals surface area contributed by atoms with E-state index < -0.39 is 0 Å². The van der Waals surface area contributed by atoms with E-state index in [0.717, 1.165) is 17.1 Å². The lowest BCUT2D eigenvalue weighted by Crippen LogP contribution is -2.10. The van der Waals surface area contributed by atoms with E-state index in [1.54, 1.807) is 0 Å². The van der Waals surface area contributed by atoms with Gasteiger partial charge in [-0.05, 0) is 116 Å². The van der Waals surface area contributed by atoms with E-state index in [4.69, 9.17) is 0 Å². The van der Waals surface area contributed by atoms with E-state index >= 15 is 0 Å². The molecule has 0 saturated carbocycles. The Kier molecular flexibility index (Phi) is 8.09. The molecule has 0 saturated heterocycles. The second-order valence-electron chi connectivity index (χ2n) is 13.8. The molecule has 0 N–H and O–H groups in total. The minimum absolute atomic E-state index is 1.11. The number of thiophene rings is 1. The Bertz CT molecular complexity index is 2890. The normalized spacial score (nSPS) is 11.3. The van der Waals surface area contributed by atoms with Crippen LogP contribution in [0, 0.1) is 0 Å². The summed E-state index contributed by atoms with van der Waals surface area (Å²) in [5.74, 6) is 0. The molecular weight excluding hydrogens is 671 g/mol. The van der Waals surface area contributed by atoms with Crippen molar-refractivity contribution >= 4 is 59.3 Å². The molecule has 2 heteroatoms. The van der Waals surface area contributed by atoms with Gasteiger partial charge < -0.3 is 4.90 Å². The molecule has 0 bridgehead atoms. The first kappa shape index (κ1) is 32.0. The minimum atomic E-state index is 1.11. The minimum Gasteiger partial charge on any atom is -0.310 e. The maximum atomic E-state index is 2.36. The number of benzene rings is 9. The highest BCUT2D eigenvalue weighted by Crippen LogP contribution is 2.40. The van der Waals surface area contributed by atoms with Crippen LogP contribution in [0.2, 0.25) is 0 Å². The van der Waals surface area contributed by atoms with Gasteiger partial charge in [0, 0.05) is 37.2 Å². The summed E-state index contributed by atoms with van der Waals surface area (Å²) in [4.78, 5) is 2.36. The third-order valence-corrected chi connectivity index (χ3v) is 11.6. The summed E-state index contributed by atoms with van der Waals surface area (Å²) in [6.45, 7) is 0. The molecule has 1 nitrogen and oxygen atoms in total. The SMILES string of the molecule is c1ccc(-c2ccc(-c3ccc(N(c4ccc(-c5ccc6cc7c(cc6c5)sc5ccccc57)cc4)c4cccc(-c5ccccc5)c4)cc3)cc2)cc1. The third kappa shape index (κ3) is 6.03. The van der Waals surface area contributed by atoms with Crippen LogP contribution in [0.5, 0.6) is 0 Å². The van der Waals surface area contributed by atoms with Crippen molar-refractivity contribution in [2.75, 3.05) is 4.90 Å². The van der Waals surface area contributed by atoms with Crippen LogP contribution >= 0.6 is 11.3 Å². The molecule has 0 fully saturated rings. The number of anilines is 3. The Morgan fingerprint density at radius 3 is 1.39 bits per heavy atom. The quantitative estimate of drug-likeness (QED) is 0.160. The summed E-state index contributed by atoms with van der Waals surface area (Å²) in [6.07, 6.45) is 0. The third-order valence-electron chi connectivity index (χ3n) is 10.5. The molecule has 254 valence electrons. The molecule has 9 aromatic carbocycles. The van der Waals surface area contributed by atoms with Crippen molar-refractivity contribution in [2.45, 2.75) is 0 Å². The van der Waals surface area contributed by atoms with Crippen molar-refractivity contribution in [3.05, 3.63) is 212 Å². The Labute approximate surface area is 319 Å². The maximum absolute atomic E-state index is 2.36. The molecule has 10 aromatic rings. The first-order valence-electron chi connectivity index (χ1n) is 18.4. The largest absolute Gasteiger partial charge is 0.310 e. The predicted molar refractivity (Wildman–Crippen MR) is 233 cm³/mol. The van der Waals surface area contributed by atoms with Crippen LogP contribution in [0.3, 0.4) is 0 Å². The standard InChI is InChI=1S/C52H35NS/c1-3-10-36(11-4-1)38-18-20-39(21-19-38)40-24-28-46(29-25-40)53(48-15-9-14-42(33-48)37-12-5-2-6-13-37)47-30-26-41(27-31-47)43-22-23-44-34-50-49-16-7-8-17-51(49)54-52(50)35-45(44)32-43/h1-35H. The van der Waals surface area contributed by atoms with Gasteiger partial charge in [0.1, 0.15) is 0 Å². The first-order valence-corrected chi connectivity index (χ1v) is 19.2. The summed E-state index contributed by atoms with van der Waals surface area (Å²) in [5, 5.41) is 5.21. The Hall–Kier alpha value is -6.74. The second-order valence-corrected chi connectivity index (χ2v) is 14.9. The zero-order valence-corrected chi connectivity index (χ0v) is 30.4. The number of fused-ring (bicyclic) bond motifs is 4. The van der Waals surface area contributed by atoms with Crippen LogP contribution < -0.4 is 4.90 Å². The summed E-state index contributed by atoms with van der Waals surface area (Å²) in [6, 6.07) is 77.1. The van der Waals surface area contributed by atoms with Gasteiger partial charge in [-0.15, -0.1) is 11.3 Å². The zero-order chi connectivity index (χ0) is 35.8. The molecular formula is C52H35NS. The zero-order valence-electron chi connectivity index (χ0n) is 29.6.